The quantitative estimate of drug-likeness (QED) is 0.519. The molecule has 88 valence electrons. The Balaban J connectivity index is 0.000000921. The number of alkyl halides is 3. The molecule has 0 heterocycles. The van der Waals surface area contributed by atoms with Crippen LogP contribution in [-0.2, 0) is 0 Å². The van der Waals surface area contributed by atoms with Crippen molar-refractivity contribution >= 4 is 0 Å². The molecule has 0 bridgehead atoms. The summed E-state index contributed by atoms with van der Waals surface area (Å²) in [6.45, 7) is 5.65. The maximum atomic E-state index is 12.9. The minimum atomic E-state index is -4.57. The lowest BCUT2D eigenvalue weighted by molar-refractivity contribution is -0.0914. The zero-order valence-corrected chi connectivity index (χ0v) is 9.16. The number of halogens is 4. The van der Waals surface area contributed by atoms with Crippen LogP contribution >= 0.6 is 0 Å². The fraction of sp³-hybridized carbons (Fsp3) is 0.636. The van der Waals surface area contributed by atoms with Gasteiger partial charge in [0.25, 0.3) is 0 Å². The normalized spacial score (nSPS) is 21.9. The zero-order chi connectivity index (χ0) is 12.1. The summed E-state index contributed by atoms with van der Waals surface area (Å²) in [5.41, 5.74) is -1.13. The van der Waals surface area contributed by atoms with Gasteiger partial charge >= 0.3 is 6.18 Å². The Kier molecular flexibility index (Phi) is 5.61. The monoisotopic (exact) mass is 224 g/mol. The van der Waals surface area contributed by atoms with Crippen molar-refractivity contribution in [2.24, 2.45) is 5.92 Å². The average molecular weight is 224 g/mol. The number of hydrogen-bond donors (Lipinski definition) is 0. The summed E-state index contributed by atoms with van der Waals surface area (Å²) in [6, 6.07) is 0. The van der Waals surface area contributed by atoms with Crippen molar-refractivity contribution in [3.63, 3.8) is 0 Å². The molecule has 0 aromatic carbocycles. The molecule has 4 heteroatoms. The predicted molar refractivity (Wildman–Crippen MR) is 53.1 cm³/mol. The van der Waals surface area contributed by atoms with Gasteiger partial charge < -0.3 is 0 Å². The Labute approximate surface area is 87.7 Å². The Bertz CT molecular complexity index is 248. The highest BCUT2D eigenvalue weighted by atomic mass is 19.4. The molecule has 0 spiro atoms. The van der Waals surface area contributed by atoms with Crippen LogP contribution in [0.4, 0.5) is 17.6 Å². The second-order valence-electron chi connectivity index (χ2n) is 3.18. The van der Waals surface area contributed by atoms with E-state index in [0.29, 0.717) is 12.8 Å². The van der Waals surface area contributed by atoms with E-state index < -0.39 is 17.6 Å². The molecule has 0 radical (unpaired) electrons. The van der Waals surface area contributed by atoms with Crippen LogP contribution in [0.25, 0.3) is 0 Å². The van der Waals surface area contributed by atoms with Gasteiger partial charge in [-0.25, -0.2) is 4.39 Å². The van der Waals surface area contributed by atoms with E-state index in [-0.39, 0.29) is 5.92 Å². The standard InChI is InChI=1S/C9H10F4.C2H6/c1-6-3-2-4-8(10)7(5-6)9(11,12)13;1-2/h4-6H,2-3H2,1H3;1-2H3. The Morgan fingerprint density at radius 1 is 1.27 bits per heavy atom. The highest BCUT2D eigenvalue weighted by molar-refractivity contribution is 5.31. The summed E-state index contributed by atoms with van der Waals surface area (Å²) in [6.07, 6.45) is -1.68. The fourth-order valence-corrected chi connectivity index (χ4v) is 1.26. The largest absolute Gasteiger partial charge is 0.418 e. The third-order valence-electron chi connectivity index (χ3n) is 1.96. The van der Waals surface area contributed by atoms with E-state index in [1.807, 2.05) is 13.8 Å². The third-order valence-corrected chi connectivity index (χ3v) is 1.96. The van der Waals surface area contributed by atoms with E-state index in [4.69, 9.17) is 0 Å². The minimum absolute atomic E-state index is 0.221. The molecule has 0 aromatic rings. The van der Waals surface area contributed by atoms with Crippen LogP contribution in [0.15, 0.2) is 23.6 Å². The third kappa shape index (κ3) is 4.49. The summed E-state index contributed by atoms with van der Waals surface area (Å²) >= 11 is 0. The Hall–Kier alpha value is -0.800. The van der Waals surface area contributed by atoms with Gasteiger partial charge in [0.15, 0.2) is 0 Å². The highest BCUT2D eigenvalue weighted by Gasteiger charge is 2.37. The average Bonchev–Trinajstić information content (AvgIpc) is 2.30. The molecule has 0 saturated carbocycles. The fourth-order valence-electron chi connectivity index (χ4n) is 1.26. The van der Waals surface area contributed by atoms with Crippen LogP contribution in [-0.4, -0.2) is 6.18 Å². The van der Waals surface area contributed by atoms with Gasteiger partial charge in [-0.15, -0.1) is 0 Å². The van der Waals surface area contributed by atoms with E-state index in [9.17, 15) is 17.6 Å². The first kappa shape index (κ1) is 14.2. The van der Waals surface area contributed by atoms with Crippen molar-refractivity contribution in [2.75, 3.05) is 0 Å². The highest BCUT2D eigenvalue weighted by Crippen LogP contribution is 2.35. The van der Waals surface area contributed by atoms with Crippen molar-refractivity contribution < 1.29 is 17.6 Å². The van der Waals surface area contributed by atoms with Crippen molar-refractivity contribution in [1.82, 2.24) is 0 Å². The van der Waals surface area contributed by atoms with Crippen molar-refractivity contribution in [3.05, 3.63) is 23.6 Å². The lowest BCUT2D eigenvalue weighted by Gasteiger charge is -2.09. The van der Waals surface area contributed by atoms with Gasteiger partial charge in [-0.1, -0.05) is 26.8 Å². The Morgan fingerprint density at radius 2 is 1.80 bits per heavy atom. The van der Waals surface area contributed by atoms with Crippen LogP contribution in [0.3, 0.4) is 0 Å². The molecule has 0 fully saturated rings. The number of rotatable bonds is 0. The molecule has 0 aromatic heterocycles. The van der Waals surface area contributed by atoms with Crippen LogP contribution in [0.2, 0.25) is 0 Å². The van der Waals surface area contributed by atoms with Crippen LogP contribution in [0.5, 0.6) is 0 Å². The first-order valence-electron chi connectivity index (χ1n) is 5.06. The molecule has 1 aliphatic rings. The van der Waals surface area contributed by atoms with Crippen molar-refractivity contribution in [1.29, 1.82) is 0 Å². The van der Waals surface area contributed by atoms with Crippen LogP contribution < -0.4 is 0 Å². The van der Waals surface area contributed by atoms with Gasteiger partial charge in [0.1, 0.15) is 5.83 Å². The van der Waals surface area contributed by atoms with E-state index in [2.05, 4.69) is 0 Å². The smallest absolute Gasteiger partial charge is 0.207 e. The first-order chi connectivity index (χ1) is 6.91. The molecular weight excluding hydrogens is 208 g/mol. The summed E-state index contributed by atoms with van der Waals surface area (Å²) in [5.74, 6) is -1.36. The summed E-state index contributed by atoms with van der Waals surface area (Å²) in [4.78, 5) is 0. The van der Waals surface area contributed by atoms with Gasteiger partial charge in [0.05, 0.1) is 5.57 Å². The van der Waals surface area contributed by atoms with Gasteiger partial charge in [-0.2, -0.15) is 13.2 Å². The summed E-state index contributed by atoms with van der Waals surface area (Å²) < 4.78 is 49.4. The van der Waals surface area contributed by atoms with E-state index in [0.717, 1.165) is 12.2 Å². The van der Waals surface area contributed by atoms with Gasteiger partial charge in [0.2, 0.25) is 0 Å². The maximum absolute atomic E-state index is 12.9. The molecule has 15 heavy (non-hydrogen) atoms. The lowest BCUT2D eigenvalue weighted by Crippen LogP contribution is -2.13. The SMILES string of the molecule is CC.CC1C=C(C(F)(F)F)C(F)=CCC1. The van der Waals surface area contributed by atoms with Crippen molar-refractivity contribution in [2.45, 2.75) is 39.8 Å². The van der Waals surface area contributed by atoms with E-state index in [1.54, 1.807) is 6.92 Å². The molecule has 1 atom stereocenters. The minimum Gasteiger partial charge on any atom is -0.207 e. The van der Waals surface area contributed by atoms with E-state index >= 15 is 0 Å². The maximum Gasteiger partial charge on any atom is 0.418 e. The zero-order valence-electron chi connectivity index (χ0n) is 9.16. The van der Waals surface area contributed by atoms with Gasteiger partial charge in [0, 0.05) is 0 Å². The molecule has 0 aliphatic heterocycles. The van der Waals surface area contributed by atoms with Crippen LogP contribution in [0.1, 0.15) is 33.6 Å². The predicted octanol–water partition coefficient (Wildman–Crippen LogP) is 4.78. The molecule has 1 unspecified atom stereocenters. The summed E-state index contributed by atoms with van der Waals surface area (Å²) in [7, 11) is 0. The van der Waals surface area contributed by atoms with Gasteiger partial charge in [-0.05, 0) is 24.8 Å². The molecule has 1 aliphatic carbocycles. The van der Waals surface area contributed by atoms with Crippen LogP contribution in [0, 0.1) is 5.92 Å². The van der Waals surface area contributed by atoms with Crippen molar-refractivity contribution in [3.8, 4) is 0 Å². The molecule has 0 N–H and O–H groups in total. The lowest BCUT2D eigenvalue weighted by atomic mass is 10.1. The van der Waals surface area contributed by atoms with Gasteiger partial charge in [-0.3, -0.25) is 0 Å². The number of allylic oxidation sites excluding steroid dienone is 4. The second kappa shape index (κ2) is 5.93. The summed E-state index contributed by atoms with van der Waals surface area (Å²) in [5, 5.41) is 0. The van der Waals surface area contributed by atoms with E-state index in [1.165, 1.54) is 0 Å². The molecule has 0 amide bonds. The number of hydrogen-bond acceptors (Lipinski definition) is 0. The molecule has 0 saturated heterocycles. The Morgan fingerprint density at radius 3 is 2.27 bits per heavy atom. The first-order valence-corrected chi connectivity index (χ1v) is 5.06. The molecular formula is C11H16F4. The molecule has 1 rings (SSSR count). The topological polar surface area (TPSA) is 0 Å². The molecule has 0 nitrogen and oxygen atoms in total. The second-order valence-corrected chi connectivity index (χ2v) is 3.18.